The lowest BCUT2D eigenvalue weighted by atomic mass is 9.73. The Hall–Kier alpha value is -2.28. The van der Waals surface area contributed by atoms with Crippen LogP contribution >= 0.6 is 11.3 Å². The van der Waals surface area contributed by atoms with Gasteiger partial charge in [-0.25, -0.2) is 4.98 Å². The molecule has 8 nitrogen and oxygen atoms in total. The second-order valence-electron chi connectivity index (χ2n) is 11.0. The van der Waals surface area contributed by atoms with E-state index in [4.69, 9.17) is 9.47 Å². The number of aliphatic hydroxyl groups is 2. The average Bonchev–Trinajstić information content (AvgIpc) is 3.49. The van der Waals surface area contributed by atoms with Crippen LogP contribution in [0, 0.1) is 17.3 Å². The maximum atomic E-state index is 14.0. The molecule has 0 radical (unpaired) electrons. The monoisotopic (exact) mass is 574 g/mol. The molecular weight excluding hydrogens is 537 g/mol. The van der Waals surface area contributed by atoms with Crippen LogP contribution in [0.3, 0.4) is 0 Å². The highest BCUT2D eigenvalue weighted by Gasteiger charge is 2.49. The number of fused-ring (bicyclic) bond motifs is 1. The second-order valence-corrected chi connectivity index (χ2v) is 11.8. The zero-order valence-corrected chi connectivity index (χ0v) is 23.7. The maximum absolute atomic E-state index is 14.0. The Morgan fingerprint density at radius 2 is 1.92 bits per heavy atom. The smallest absolute Gasteiger partial charge is 0.412 e. The first-order valence-corrected chi connectivity index (χ1v) is 13.7. The third kappa shape index (κ3) is 7.47. The topological polar surface area (TPSA) is 128 Å². The molecule has 1 saturated heterocycles. The zero-order chi connectivity index (χ0) is 29.3. The van der Waals surface area contributed by atoms with Gasteiger partial charge in [0.05, 0.1) is 36.8 Å². The molecule has 39 heavy (non-hydrogen) atoms. The van der Waals surface area contributed by atoms with Gasteiger partial charge >= 0.3 is 12.1 Å². The van der Waals surface area contributed by atoms with Crippen LogP contribution < -0.4 is 10.1 Å². The molecule has 0 aromatic carbocycles. The average molecular weight is 575 g/mol. The Balaban J connectivity index is 1.98. The second kappa shape index (κ2) is 12.1. The Morgan fingerprint density at radius 1 is 1.26 bits per heavy atom. The Morgan fingerprint density at radius 3 is 2.51 bits per heavy atom. The van der Waals surface area contributed by atoms with E-state index in [1.165, 1.54) is 39.2 Å². The van der Waals surface area contributed by atoms with Crippen LogP contribution in [0.1, 0.15) is 59.6 Å². The van der Waals surface area contributed by atoms with Gasteiger partial charge in [-0.1, -0.05) is 45.1 Å². The van der Waals surface area contributed by atoms with Crippen molar-refractivity contribution in [2.24, 2.45) is 17.3 Å². The first kappa shape index (κ1) is 31.3. The minimum atomic E-state index is -4.61. The van der Waals surface area contributed by atoms with Gasteiger partial charge in [-0.05, 0) is 30.9 Å². The number of esters is 1. The predicted octanol–water partition coefficient (Wildman–Crippen LogP) is 4.07. The number of cyclic esters (lactones) is 1. The summed E-state index contributed by atoms with van der Waals surface area (Å²) in [5, 5.41) is 26.8. The fraction of sp³-hybridized carbons (Fsp3) is 0.667. The molecule has 2 unspecified atom stereocenters. The van der Waals surface area contributed by atoms with Crippen molar-refractivity contribution in [2.75, 3.05) is 7.11 Å². The molecule has 218 valence electrons. The number of carbonyl (C=O) groups is 2. The maximum Gasteiger partial charge on any atom is 0.412 e. The molecule has 2 aliphatic rings. The van der Waals surface area contributed by atoms with E-state index in [-0.39, 0.29) is 12.8 Å². The SMILES string of the molecule is COc1nc(/C=C(\C)[C@@H]2C/C=C(/C(F)(F)F)CC3NC3[C@H](C)[C@H](O)[C@@H](C)C(=O)C(C)(C)[C@@H](O)CC(=O)O2)cs1. The summed E-state index contributed by atoms with van der Waals surface area (Å²) in [5.41, 5.74) is -1.21. The van der Waals surface area contributed by atoms with Crippen molar-refractivity contribution in [1.82, 2.24) is 10.3 Å². The highest BCUT2D eigenvalue weighted by molar-refractivity contribution is 7.11. The summed E-state index contributed by atoms with van der Waals surface area (Å²) in [6, 6.07) is -0.937. The molecule has 1 aromatic heterocycles. The predicted molar refractivity (Wildman–Crippen MR) is 140 cm³/mol. The van der Waals surface area contributed by atoms with Crippen molar-refractivity contribution in [3.05, 3.63) is 28.3 Å². The quantitative estimate of drug-likeness (QED) is 0.280. The molecule has 2 aliphatic heterocycles. The number of nitrogens with one attached hydrogen (secondary N) is 1. The lowest BCUT2D eigenvalue weighted by Crippen LogP contribution is -2.46. The fourth-order valence-corrected chi connectivity index (χ4v) is 5.57. The number of aliphatic hydroxyl groups excluding tert-OH is 2. The number of thiazole rings is 1. The Labute approximate surface area is 230 Å². The molecule has 7 atom stereocenters. The number of Topliss-reactive ketones (excluding diaryl/α,β-unsaturated/α-hetero) is 1. The summed E-state index contributed by atoms with van der Waals surface area (Å²) >= 11 is 1.24. The van der Waals surface area contributed by atoms with Gasteiger partial charge in [-0.15, -0.1) is 0 Å². The van der Waals surface area contributed by atoms with E-state index >= 15 is 0 Å². The van der Waals surface area contributed by atoms with Crippen LogP contribution in [0.15, 0.2) is 22.6 Å². The van der Waals surface area contributed by atoms with Gasteiger partial charge in [0.1, 0.15) is 11.9 Å². The van der Waals surface area contributed by atoms with Crippen LogP contribution in [0.5, 0.6) is 5.19 Å². The number of hydrogen-bond acceptors (Lipinski definition) is 9. The van der Waals surface area contributed by atoms with Gasteiger partial charge in [0.15, 0.2) is 0 Å². The normalized spacial score (nSPS) is 34.5. The number of alkyl halides is 3. The number of methoxy groups -OCH3 is 1. The molecule has 3 rings (SSSR count). The summed E-state index contributed by atoms with van der Waals surface area (Å²) in [4.78, 5) is 30.4. The number of hydrogen-bond donors (Lipinski definition) is 3. The molecule has 1 aromatic rings. The van der Waals surface area contributed by atoms with Crippen LogP contribution in [-0.2, 0) is 14.3 Å². The number of aromatic nitrogens is 1. The summed E-state index contributed by atoms with van der Waals surface area (Å²) in [6.45, 7) is 7.83. The molecular formula is C27H37F3N2O6S. The standard InChI is InChI=1S/C27H37F3N2O6S/c1-13(9-17-12-39-25(31-17)37-6)19-8-7-16(27(28,29)30)10-18-22(32-18)14(2)23(35)15(3)24(36)26(4,5)20(33)11-21(34)38-19/h7,9,12,14-15,18-20,22-23,32-33,35H,8,10-11H2,1-6H3/b13-9+,16-7+/t14-,15+,18?,19-,20-,22?,23-/m0/s1. The first-order chi connectivity index (χ1) is 18.1. The highest BCUT2D eigenvalue weighted by atomic mass is 32.1. The van der Waals surface area contributed by atoms with E-state index in [1.54, 1.807) is 25.3 Å². The lowest BCUT2D eigenvalue weighted by Gasteiger charge is -2.34. The lowest BCUT2D eigenvalue weighted by molar-refractivity contribution is -0.154. The molecule has 0 spiro atoms. The molecule has 1 fully saturated rings. The molecule has 0 aliphatic carbocycles. The van der Waals surface area contributed by atoms with E-state index in [0.717, 1.165) is 6.08 Å². The van der Waals surface area contributed by atoms with Gasteiger partial charge in [-0.3, -0.25) is 9.59 Å². The van der Waals surface area contributed by atoms with Gasteiger partial charge < -0.3 is 25.0 Å². The third-order valence-corrected chi connectivity index (χ3v) is 8.62. The van der Waals surface area contributed by atoms with Gasteiger partial charge in [0, 0.05) is 35.4 Å². The summed E-state index contributed by atoms with van der Waals surface area (Å²) < 4.78 is 52.6. The van der Waals surface area contributed by atoms with Crippen molar-refractivity contribution in [2.45, 2.75) is 90.5 Å². The molecule has 12 heteroatoms. The van der Waals surface area contributed by atoms with Crippen LogP contribution in [0.25, 0.3) is 6.08 Å². The van der Waals surface area contributed by atoms with E-state index in [9.17, 15) is 33.0 Å². The number of rotatable bonds is 3. The Bertz CT molecular complexity index is 1120. The van der Waals surface area contributed by atoms with E-state index < -0.39 is 77.6 Å². The van der Waals surface area contributed by atoms with E-state index in [1.807, 2.05) is 0 Å². The third-order valence-electron chi connectivity index (χ3n) is 7.80. The van der Waals surface area contributed by atoms with Crippen molar-refractivity contribution < 1.29 is 42.4 Å². The minimum Gasteiger partial charge on any atom is -0.473 e. The molecule has 0 amide bonds. The summed E-state index contributed by atoms with van der Waals surface area (Å²) in [7, 11) is 1.46. The van der Waals surface area contributed by atoms with E-state index in [2.05, 4.69) is 10.3 Å². The fourth-order valence-electron chi connectivity index (χ4n) is 4.97. The van der Waals surface area contributed by atoms with Gasteiger partial charge in [0.2, 0.25) is 0 Å². The highest BCUT2D eigenvalue weighted by Crippen LogP contribution is 2.38. The summed E-state index contributed by atoms with van der Waals surface area (Å²) in [6.07, 6.45) is -6.75. The number of ether oxygens (including phenoxy) is 2. The molecule has 0 bridgehead atoms. The van der Waals surface area contributed by atoms with Crippen molar-refractivity contribution in [1.29, 1.82) is 0 Å². The van der Waals surface area contributed by atoms with Crippen molar-refractivity contribution in [3.63, 3.8) is 0 Å². The van der Waals surface area contributed by atoms with Crippen LogP contribution in [0.2, 0.25) is 0 Å². The molecule has 3 N–H and O–H groups in total. The van der Waals surface area contributed by atoms with Gasteiger partial charge in [-0.2, -0.15) is 13.2 Å². The van der Waals surface area contributed by atoms with Crippen LogP contribution in [-0.4, -0.2) is 70.6 Å². The van der Waals surface area contributed by atoms with Crippen molar-refractivity contribution >= 4 is 29.2 Å². The van der Waals surface area contributed by atoms with E-state index in [0.29, 0.717) is 16.5 Å². The van der Waals surface area contributed by atoms with Crippen LogP contribution in [0.4, 0.5) is 13.2 Å². The number of ketones is 1. The molecule has 3 heterocycles. The number of carbonyl (C=O) groups excluding carboxylic acids is 2. The number of halogens is 3. The first-order valence-electron chi connectivity index (χ1n) is 12.9. The molecule has 0 saturated carbocycles. The Kier molecular flexibility index (Phi) is 9.67. The largest absolute Gasteiger partial charge is 0.473 e. The number of nitrogens with zero attached hydrogens (tertiary/aromatic N) is 1. The van der Waals surface area contributed by atoms with Gasteiger partial charge in [0.25, 0.3) is 5.19 Å². The minimum absolute atomic E-state index is 0.255. The van der Waals surface area contributed by atoms with Crippen molar-refractivity contribution in [3.8, 4) is 5.19 Å². The summed E-state index contributed by atoms with van der Waals surface area (Å²) in [5.74, 6) is -2.74. The zero-order valence-electron chi connectivity index (χ0n) is 22.9.